The topological polar surface area (TPSA) is 65.2 Å². The summed E-state index contributed by atoms with van der Waals surface area (Å²) in [5, 5.41) is 3.03. The summed E-state index contributed by atoms with van der Waals surface area (Å²) in [7, 11) is 0. The van der Waals surface area contributed by atoms with Gasteiger partial charge in [0, 0.05) is 31.2 Å². The van der Waals surface area contributed by atoms with E-state index >= 15 is 0 Å². The molecule has 2 amide bonds. The van der Waals surface area contributed by atoms with E-state index in [0.29, 0.717) is 12.3 Å². The first kappa shape index (κ1) is 18.6. The van der Waals surface area contributed by atoms with Crippen molar-refractivity contribution >= 4 is 11.8 Å². The molecule has 2 rings (SSSR count). The molecule has 1 aromatic rings. The minimum atomic E-state index is 0.0891. The van der Waals surface area contributed by atoms with E-state index in [2.05, 4.69) is 17.2 Å². The first-order valence-corrected chi connectivity index (χ1v) is 9.07. The lowest BCUT2D eigenvalue weighted by Gasteiger charge is -2.32. The number of aromatic amines is 1. The first-order chi connectivity index (χ1) is 11.3. The molecule has 24 heavy (non-hydrogen) atoms. The number of amides is 2. The van der Waals surface area contributed by atoms with Gasteiger partial charge in [0.05, 0.1) is 0 Å². The van der Waals surface area contributed by atoms with E-state index in [9.17, 15) is 9.59 Å². The fraction of sp³-hybridized carbons (Fsp3) is 0.684. The number of aryl methyl sites for hydroxylation is 1. The fourth-order valence-corrected chi connectivity index (χ4v) is 3.25. The maximum absolute atomic E-state index is 12.7. The Morgan fingerprint density at radius 2 is 1.83 bits per heavy atom. The summed E-state index contributed by atoms with van der Waals surface area (Å²) in [4.78, 5) is 29.9. The molecule has 5 heteroatoms. The van der Waals surface area contributed by atoms with E-state index in [0.717, 1.165) is 54.9 Å². The summed E-state index contributed by atoms with van der Waals surface area (Å²) in [5.74, 6) is 0.609. The Labute approximate surface area is 145 Å². The highest BCUT2D eigenvalue weighted by molar-refractivity contribution is 5.94. The number of likely N-dealkylation sites (tertiary alicyclic amines) is 1. The fourth-order valence-electron chi connectivity index (χ4n) is 3.25. The number of hydrogen-bond donors (Lipinski definition) is 2. The Morgan fingerprint density at radius 3 is 2.33 bits per heavy atom. The van der Waals surface area contributed by atoms with Crippen molar-refractivity contribution in [3.63, 3.8) is 0 Å². The van der Waals surface area contributed by atoms with Crippen LogP contribution in [0.4, 0.5) is 0 Å². The van der Waals surface area contributed by atoms with Crippen LogP contribution in [0.15, 0.2) is 0 Å². The monoisotopic (exact) mass is 333 g/mol. The molecule has 1 aromatic heterocycles. The third-order valence-corrected chi connectivity index (χ3v) is 5.42. The number of carbonyl (C=O) groups excluding carboxylic acids is 2. The van der Waals surface area contributed by atoms with Crippen molar-refractivity contribution in [1.82, 2.24) is 15.2 Å². The van der Waals surface area contributed by atoms with Crippen molar-refractivity contribution in [1.29, 1.82) is 0 Å². The number of rotatable bonds is 5. The van der Waals surface area contributed by atoms with E-state index in [1.807, 2.05) is 32.6 Å². The molecule has 0 spiro atoms. The summed E-state index contributed by atoms with van der Waals surface area (Å²) in [6, 6.07) is 0.237. The van der Waals surface area contributed by atoms with Crippen LogP contribution in [-0.4, -0.2) is 40.8 Å². The van der Waals surface area contributed by atoms with Crippen molar-refractivity contribution in [2.75, 3.05) is 13.1 Å². The molecule has 134 valence electrons. The maximum Gasteiger partial charge on any atom is 0.270 e. The van der Waals surface area contributed by atoms with Gasteiger partial charge in [0.2, 0.25) is 5.91 Å². The second-order valence-corrected chi connectivity index (χ2v) is 7.19. The third kappa shape index (κ3) is 4.19. The molecule has 1 fully saturated rings. The number of aromatic nitrogens is 1. The van der Waals surface area contributed by atoms with Gasteiger partial charge in [-0.1, -0.05) is 6.92 Å². The standard InChI is InChI=1S/C19H31N3O2/c1-6-12(2)20-17(23)11-16-7-9-22(10-8-16)19(24)18-14(4)13(3)15(5)21-18/h12,16,21H,6-11H2,1-5H3,(H,20,23). The predicted octanol–water partition coefficient (Wildman–Crippen LogP) is 3.10. The Bertz CT molecular complexity index is 598. The van der Waals surface area contributed by atoms with Gasteiger partial charge in [-0.2, -0.15) is 0 Å². The molecule has 0 aliphatic carbocycles. The lowest BCUT2D eigenvalue weighted by molar-refractivity contribution is -0.122. The van der Waals surface area contributed by atoms with Crippen molar-refractivity contribution in [3.05, 3.63) is 22.5 Å². The quantitative estimate of drug-likeness (QED) is 0.869. The molecule has 1 saturated heterocycles. The highest BCUT2D eigenvalue weighted by atomic mass is 16.2. The molecule has 1 atom stereocenters. The molecule has 2 heterocycles. The summed E-state index contributed by atoms with van der Waals surface area (Å²) in [5.41, 5.74) is 3.99. The smallest absolute Gasteiger partial charge is 0.270 e. The number of hydrogen-bond acceptors (Lipinski definition) is 2. The lowest BCUT2D eigenvalue weighted by atomic mass is 9.92. The van der Waals surface area contributed by atoms with E-state index in [-0.39, 0.29) is 17.9 Å². The van der Waals surface area contributed by atoms with Crippen molar-refractivity contribution in [2.24, 2.45) is 5.92 Å². The Morgan fingerprint density at radius 1 is 1.21 bits per heavy atom. The second kappa shape index (κ2) is 7.86. The van der Waals surface area contributed by atoms with Crippen LogP contribution in [-0.2, 0) is 4.79 Å². The number of nitrogens with one attached hydrogen (secondary N) is 2. The van der Waals surface area contributed by atoms with Crippen LogP contribution in [0, 0.1) is 26.7 Å². The average Bonchev–Trinajstić information content (AvgIpc) is 2.82. The average molecular weight is 333 g/mol. The summed E-state index contributed by atoms with van der Waals surface area (Å²) < 4.78 is 0. The molecule has 0 radical (unpaired) electrons. The van der Waals surface area contributed by atoms with Crippen molar-refractivity contribution in [2.45, 2.75) is 66.3 Å². The highest BCUT2D eigenvalue weighted by Crippen LogP contribution is 2.24. The minimum Gasteiger partial charge on any atom is -0.354 e. The second-order valence-electron chi connectivity index (χ2n) is 7.19. The maximum atomic E-state index is 12.7. The molecular formula is C19H31N3O2. The summed E-state index contributed by atoms with van der Waals surface area (Å²) in [6.07, 6.45) is 3.33. The van der Waals surface area contributed by atoms with Crippen LogP contribution in [0.1, 0.15) is 66.8 Å². The lowest BCUT2D eigenvalue weighted by Crippen LogP contribution is -2.40. The van der Waals surface area contributed by atoms with Crippen molar-refractivity contribution in [3.8, 4) is 0 Å². The van der Waals surface area contributed by atoms with E-state index in [4.69, 9.17) is 0 Å². The zero-order valence-corrected chi connectivity index (χ0v) is 15.7. The van der Waals surface area contributed by atoms with Crippen LogP contribution in [0.3, 0.4) is 0 Å². The van der Waals surface area contributed by atoms with Gasteiger partial charge in [0.25, 0.3) is 5.91 Å². The number of carbonyl (C=O) groups is 2. The van der Waals surface area contributed by atoms with E-state index < -0.39 is 0 Å². The number of nitrogens with zero attached hydrogens (tertiary/aromatic N) is 1. The van der Waals surface area contributed by atoms with Crippen LogP contribution >= 0.6 is 0 Å². The van der Waals surface area contributed by atoms with Crippen LogP contribution in [0.5, 0.6) is 0 Å². The largest absolute Gasteiger partial charge is 0.354 e. The summed E-state index contributed by atoms with van der Waals surface area (Å²) >= 11 is 0. The molecule has 1 unspecified atom stereocenters. The first-order valence-electron chi connectivity index (χ1n) is 9.07. The number of piperidine rings is 1. The zero-order valence-electron chi connectivity index (χ0n) is 15.7. The molecule has 0 saturated carbocycles. The molecule has 2 N–H and O–H groups in total. The molecule has 5 nitrogen and oxygen atoms in total. The zero-order chi connectivity index (χ0) is 17.9. The van der Waals surface area contributed by atoms with E-state index in [1.165, 1.54) is 0 Å². The van der Waals surface area contributed by atoms with Gasteiger partial charge in [-0.15, -0.1) is 0 Å². The van der Waals surface area contributed by atoms with Crippen molar-refractivity contribution < 1.29 is 9.59 Å². The molecular weight excluding hydrogens is 302 g/mol. The normalized spacial score (nSPS) is 17.0. The van der Waals surface area contributed by atoms with Gasteiger partial charge in [-0.05, 0) is 64.0 Å². The van der Waals surface area contributed by atoms with Crippen LogP contribution in [0.25, 0.3) is 0 Å². The molecule has 0 bridgehead atoms. The highest BCUT2D eigenvalue weighted by Gasteiger charge is 2.27. The molecule has 0 aromatic carbocycles. The third-order valence-electron chi connectivity index (χ3n) is 5.42. The van der Waals surface area contributed by atoms with Gasteiger partial charge in [-0.25, -0.2) is 0 Å². The van der Waals surface area contributed by atoms with Crippen LogP contribution in [0.2, 0.25) is 0 Å². The van der Waals surface area contributed by atoms with Gasteiger partial charge >= 0.3 is 0 Å². The van der Waals surface area contributed by atoms with Gasteiger partial charge in [0.1, 0.15) is 5.69 Å². The Hall–Kier alpha value is -1.78. The van der Waals surface area contributed by atoms with Gasteiger partial charge in [0.15, 0.2) is 0 Å². The SMILES string of the molecule is CCC(C)NC(=O)CC1CCN(C(=O)c2[nH]c(C)c(C)c2C)CC1. The molecule has 1 aliphatic rings. The van der Waals surface area contributed by atoms with Gasteiger partial charge < -0.3 is 15.2 Å². The van der Waals surface area contributed by atoms with E-state index in [1.54, 1.807) is 0 Å². The Balaban J connectivity index is 1.87. The number of H-pyrrole nitrogens is 1. The van der Waals surface area contributed by atoms with Crippen LogP contribution < -0.4 is 5.32 Å². The predicted molar refractivity (Wildman–Crippen MR) is 96.1 cm³/mol. The van der Waals surface area contributed by atoms with Gasteiger partial charge in [-0.3, -0.25) is 9.59 Å². The Kier molecular flexibility index (Phi) is 6.08. The molecule has 1 aliphatic heterocycles. The minimum absolute atomic E-state index is 0.0891. The summed E-state index contributed by atoms with van der Waals surface area (Å²) in [6.45, 7) is 11.6.